The molecule has 3 N–H and O–H groups in total. The van der Waals surface area contributed by atoms with E-state index in [1.807, 2.05) is 30.3 Å². The lowest BCUT2D eigenvalue weighted by atomic mass is 10.1. The smallest absolute Gasteiger partial charge is 0.252 e. The van der Waals surface area contributed by atoms with Crippen molar-refractivity contribution < 1.29 is 18.4 Å². The maximum atomic E-state index is 13.3. The number of para-hydroxylation sites is 1. The summed E-state index contributed by atoms with van der Waals surface area (Å²) in [6.07, 6.45) is 0.0790. The molecule has 0 saturated heterocycles. The van der Waals surface area contributed by atoms with Crippen molar-refractivity contribution in [2.24, 2.45) is 5.73 Å². The van der Waals surface area contributed by atoms with Gasteiger partial charge in [-0.1, -0.05) is 24.3 Å². The zero-order chi connectivity index (χ0) is 18.7. The summed E-state index contributed by atoms with van der Waals surface area (Å²) in [5.41, 5.74) is 6.57. The molecule has 0 aliphatic carbocycles. The van der Waals surface area contributed by atoms with Crippen LogP contribution in [0.5, 0.6) is 0 Å². The van der Waals surface area contributed by atoms with E-state index in [-0.39, 0.29) is 12.0 Å². The van der Waals surface area contributed by atoms with Gasteiger partial charge in [0.05, 0.1) is 5.52 Å². The first-order chi connectivity index (χ1) is 12.4. The highest BCUT2D eigenvalue weighted by Gasteiger charge is 2.21. The Balaban J connectivity index is 1.78. The number of hydrogen-bond acceptors (Lipinski definition) is 3. The Morgan fingerprint density at radius 1 is 1.04 bits per heavy atom. The van der Waals surface area contributed by atoms with Crippen molar-refractivity contribution in [3.8, 4) is 0 Å². The first-order valence-electron chi connectivity index (χ1n) is 7.84. The Morgan fingerprint density at radius 3 is 2.54 bits per heavy atom. The molecule has 2 aromatic carbocycles. The minimum atomic E-state index is -1.15. The lowest BCUT2D eigenvalue weighted by Crippen LogP contribution is -2.46. The zero-order valence-electron chi connectivity index (χ0n) is 13.6. The van der Waals surface area contributed by atoms with Crippen LogP contribution in [0.3, 0.4) is 0 Å². The molecule has 0 aliphatic heterocycles. The number of halogens is 2. The SMILES string of the molecule is NC(=O)[C@H](Cc1ccc2ccccc2n1)NC(=O)c1ccc(F)c(F)c1. The third-order valence-electron chi connectivity index (χ3n) is 3.90. The summed E-state index contributed by atoms with van der Waals surface area (Å²) in [5.74, 6) is -3.69. The molecule has 26 heavy (non-hydrogen) atoms. The summed E-state index contributed by atoms with van der Waals surface area (Å²) in [5, 5.41) is 3.38. The second-order valence-corrected chi connectivity index (χ2v) is 5.76. The van der Waals surface area contributed by atoms with Crippen LogP contribution in [0.15, 0.2) is 54.6 Å². The van der Waals surface area contributed by atoms with Crippen LogP contribution in [0, 0.1) is 11.6 Å². The highest BCUT2D eigenvalue weighted by Crippen LogP contribution is 2.13. The molecule has 0 bridgehead atoms. The Morgan fingerprint density at radius 2 is 1.81 bits per heavy atom. The molecular weight excluding hydrogens is 340 g/mol. The third kappa shape index (κ3) is 3.83. The maximum Gasteiger partial charge on any atom is 0.252 e. The van der Waals surface area contributed by atoms with E-state index < -0.39 is 29.5 Å². The number of nitrogens with one attached hydrogen (secondary N) is 1. The van der Waals surface area contributed by atoms with Gasteiger partial charge in [0.15, 0.2) is 11.6 Å². The number of primary amides is 1. The van der Waals surface area contributed by atoms with Gasteiger partial charge >= 0.3 is 0 Å². The average Bonchev–Trinajstić information content (AvgIpc) is 2.63. The van der Waals surface area contributed by atoms with Gasteiger partial charge in [0.25, 0.3) is 5.91 Å². The summed E-state index contributed by atoms with van der Waals surface area (Å²) in [4.78, 5) is 28.3. The second-order valence-electron chi connectivity index (χ2n) is 5.76. The van der Waals surface area contributed by atoms with Crippen LogP contribution in [-0.4, -0.2) is 22.8 Å². The number of rotatable bonds is 5. The number of carbonyl (C=O) groups is 2. The molecule has 0 fully saturated rings. The summed E-state index contributed by atoms with van der Waals surface area (Å²) >= 11 is 0. The summed E-state index contributed by atoms with van der Waals surface area (Å²) < 4.78 is 26.3. The van der Waals surface area contributed by atoms with Gasteiger partial charge in [-0.2, -0.15) is 0 Å². The zero-order valence-corrected chi connectivity index (χ0v) is 13.6. The van der Waals surface area contributed by atoms with Gasteiger partial charge in [0, 0.05) is 23.1 Å². The topological polar surface area (TPSA) is 85.1 Å². The van der Waals surface area contributed by atoms with E-state index in [9.17, 15) is 18.4 Å². The van der Waals surface area contributed by atoms with Crippen LogP contribution in [-0.2, 0) is 11.2 Å². The van der Waals surface area contributed by atoms with E-state index in [4.69, 9.17) is 5.73 Å². The number of amides is 2. The van der Waals surface area contributed by atoms with Crippen molar-refractivity contribution in [2.45, 2.75) is 12.5 Å². The van der Waals surface area contributed by atoms with Crippen LogP contribution in [0.25, 0.3) is 10.9 Å². The molecule has 1 aromatic heterocycles. The number of benzene rings is 2. The monoisotopic (exact) mass is 355 g/mol. The molecule has 0 aliphatic rings. The van der Waals surface area contributed by atoms with Crippen molar-refractivity contribution in [3.63, 3.8) is 0 Å². The summed E-state index contributed by atoms with van der Waals surface area (Å²) in [6, 6.07) is 12.7. The summed E-state index contributed by atoms with van der Waals surface area (Å²) in [6.45, 7) is 0. The molecule has 132 valence electrons. The van der Waals surface area contributed by atoms with E-state index in [0.717, 1.165) is 29.1 Å². The predicted molar refractivity (Wildman–Crippen MR) is 92.3 cm³/mol. The first kappa shape index (κ1) is 17.5. The van der Waals surface area contributed by atoms with Crippen LogP contribution in [0.2, 0.25) is 0 Å². The third-order valence-corrected chi connectivity index (χ3v) is 3.90. The Kier molecular flexibility index (Phi) is 4.88. The molecule has 3 aromatic rings. The number of nitrogens with zero attached hydrogens (tertiary/aromatic N) is 1. The predicted octanol–water partition coefficient (Wildman–Crippen LogP) is 2.34. The van der Waals surface area contributed by atoms with Gasteiger partial charge in [0.2, 0.25) is 5.91 Å². The molecule has 7 heteroatoms. The Labute approximate surface area is 147 Å². The lowest BCUT2D eigenvalue weighted by Gasteiger charge is -2.15. The van der Waals surface area contributed by atoms with Gasteiger partial charge in [-0.05, 0) is 30.3 Å². The molecule has 2 amide bonds. The van der Waals surface area contributed by atoms with E-state index >= 15 is 0 Å². The number of nitrogens with two attached hydrogens (primary N) is 1. The van der Waals surface area contributed by atoms with E-state index in [0.29, 0.717) is 5.69 Å². The minimum absolute atomic E-state index is 0.0790. The Bertz CT molecular complexity index is 991. The molecule has 0 unspecified atom stereocenters. The van der Waals surface area contributed by atoms with Crippen molar-refractivity contribution in [3.05, 3.63) is 77.5 Å². The molecule has 0 saturated carbocycles. The second kappa shape index (κ2) is 7.26. The van der Waals surface area contributed by atoms with Crippen LogP contribution >= 0.6 is 0 Å². The van der Waals surface area contributed by atoms with Gasteiger partial charge in [0.1, 0.15) is 6.04 Å². The molecule has 1 atom stereocenters. The van der Waals surface area contributed by atoms with Crippen molar-refractivity contribution in [2.75, 3.05) is 0 Å². The lowest BCUT2D eigenvalue weighted by molar-refractivity contribution is -0.119. The van der Waals surface area contributed by atoms with Crippen molar-refractivity contribution in [1.82, 2.24) is 10.3 Å². The average molecular weight is 355 g/mol. The first-order valence-corrected chi connectivity index (χ1v) is 7.84. The molecule has 3 rings (SSSR count). The number of fused-ring (bicyclic) bond motifs is 1. The fraction of sp³-hybridized carbons (Fsp3) is 0.105. The highest BCUT2D eigenvalue weighted by molar-refractivity contribution is 5.97. The Hall–Kier alpha value is -3.35. The van der Waals surface area contributed by atoms with Gasteiger partial charge in [-0.25, -0.2) is 8.78 Å². The van der Waals surface area contributed by atoms with Gasteiger partial charge < -0.3 is 11.1 Å². The highest BCUT2D eigenvalue weighted by atomic mass is 19.2. The number of aromatic nitrogens is 1. The van der Waals surface area contributed by atoms with E-state index in [2.05, 4.69) is 10.3 Å². The normalized spacial score (nSPS) is 11.9. The van der Waals surface area contributed by atoms with E-state index in [1.165, 1.54) is 0 Å². The van der Waals surface area contributed by atoms with Crippen molar-refractivity contribution >= 4 is 22.7 Å². The van der Waals surface area contributed by atoms with Crippen LogP contribution < -0.4 is 11.1 Å². The number of carbonyl (C=O) groups excluding carboxylic acids is 2. The molecule has 5 nitrogen and oxygen atoms in total. The standard InChI is InChI=1S/C19H15F2N3O2/c20-14-8-6-12(9-15(14)21)19(26)24-17(18(22)25)10-13-7-5-11-3-1-2-4-16(11)23-13/h1-9,17H,10H2,(H2,22,25)(H,24,26)/t17-/m0/s1. The molecular formula is C19H15F2N3O2. The van der Waals surface area contributed by atoms with Crippen LogP contribution in [0.1, 0.15) is 16.1 Å². The summed E-state index contributed by atoms with van der Waals surface area (Å²) in [7, 11) is 0. The largest absolute Gasteiger partial charge is 0.368 e. The minimum Gasteiger partial charge on any atom is -0.368 e. The van der Waals surface area contributed by atoms with Gasteiger partial charge in [-0.3, -0.25) is 14.6 Å². The number of pyridine rings is 1. The maximum absolute atomic E-state index is 13.3. The number of hydrogen-bond donors (Lipinski definition) is 2. The fourth-order valence-corrected chi connectivity index (χ4v) is 2.53. The fourth-order valence-electron chi connectivity index (χ4n) is 2.53. The molecule has 0 radical (unpaired) electrons. The molecule has 0 spiro atoms. The van der Waals surface area contributed by atoms with E-state index in [1.54, 1.807) is 6.07 Å². The van der Waals surface area contributed by atoms with Gasteiger partial charge in [-0.15, -0.1) is 0 Å². The molecule has 1 heterocycles. The van der Waals surface area contributed by atoms with Crippen LogP contribution in [0.4, 0.5) is 8.78 Å². The quantitative estimate of drug-likeness (QED) is 0.737. The van der Waals surface area contributed by atoms with Crippen molar-refractivity contribution in [1.29, 1.82) is 0 Å².